The monoisotopic (exact) mass is 340 g/mol. The summed E-state index contributed by atoms with van der Waals surface area (Å²) in [6.07, 6.45) is 1.20. The first-order valence-corrected chi connectivity index (χ1v) is 8.13. The fourth-order valence-electron chi connectivity index (χ4n) is 2.46. The standard InChI is InChI=1S/C20H20O5/c1-3-24-19(22)17(12-13-18(21)20(23)25-4-2)16-11-7-9-14-8-5-6-10-15(14)16/h5-12H,3-4,13H2,1-2H3. The minimum atomic E-state index is -0.903. The van der Waals surface area contributed by atoms with Gasteiger partial charge in [-0.05, 0) is 30.2 Å². The highest BCUT2D eigenvalue weighted by atomic mass is 16.5. The third-order valence-corrected chi connectivity index (χ3v) is 3.57. The van der Waals surface area contributed by atoms with Crippen molar-refractivity contribution in [1.29, 1.82) is 0 Å². The van der Waals surface area contributed by atoms with Crippen molar-refractivity contribution in [2.75, 3.05) is 13.2 Å². The molecule has 0 aliphatic rings. The SMILES string of the molecule is CCOC(=O)C(=O)CC=C(C(=O)OCC)c1cccc2ccccc12. The number of ether oxygens (including phenoxy) is 2. The molecule has 0 saturated heterocycles. The molecule has 0 N–H and O–H groups in total. The van der Waals surface area contributed by atoms with Crippen LogP contribution in [0.2, 0.25) is 0 Å². The average Bonchev–Trinajstić information content (AvgIpc) is 2.62. The molecule has 0 heterocycles. The van der Waals surface area contributed by atoms with E-state index in [1.165, 1.54) is 6.08 Å². The van der Waals surface area contributed by atoms with Crippen molar-refractivity contribution in [2.45, 2.75) is 20.3 Å². The van der Waals surface area contributed by atoms with Gasteiger partial charge >= 0.3 is 11.9 Å². The van der Waals surface area contributed by atoms with Crippen LogP contribution in [-0.4, -0.2) is 30.9 Å². The highest BCUT2D eigenvalue weighted by Gasteiger charge is 2.19. The zero-order valence-corrected chi connectivity index (χ0v) is 14.3. The number of ketones is 1. The first-order valence-electron chi connectivity index (χ1n) is 8.13. The molecule has 0 spiro atoms. The Balaban J connectivity index is 2.42. The minimum absolute atomic E-state index is 0.127. The molecule has 0 atom stereocenters. The number of Topliss-reactive ketones (excluding diaryl/α,β-unsaturated/α-hetero) is 1. The smallest absolute Gasteiger partial charge is 0.374 e. The van der Waals surface area contributed by atoms with E-state index >= 15 is 0 Å². The molecule has 0 amide bonds. The van der Waals surface area contributed by atoms with Crippen molar-refractivity contribution >= 4 is 34.1 Å². The van der Waals surface area contributed by atoms with Crippen molar-refractivity contribution in [3.05, 3.63) is 54.1 Å². The highest BCUT2D eigenvalue weighted by molar-refractivity contribution is 6.34. The van der Waals surface area contributed by atoms with Gasteiger partial charge in [-0.2, -0.15) is 0 Å². The normalized spacial score (nSPS) is 11.2. The van der Waals surface area contributed by atoms with E-state index in [4.69, 9.17) is 4.74 Å². The van der Waals surface area contributed by atoms with Gasteiger partial charge < -0.3 is 9.47 Å². The third kappa shape index (κ3) is 4.53. The van der Waals surface area contributed by atoms with Crippen LogP contribution < -0.4 is 0 Å². The fourth-order valence-corrected chi connectivity index (χ4v) is 2.46. The molecule has 2 rings (SSSR count). The number of esters is 2. The Morgan fingerprint density at radius 1 is 0.880 bits per heavy atom. The number of carbonyl (C=O) groups excluding carboxylic acids is 3. The van der Waals surface area contributed by atoms with E-state index in [2.05, 4.69) is 4.74 Å². The Hall–Kier alpha value is -2.95. The number of fused-ring (bicyclic) bond motifs is 1. The Labute approximate surface area is 146 Å². The maximum absolute atomic E-state index is 12.4. The number of benzene rings is 2. The van der Waals surface area contributed by atoms with Gasteiger partial charge in [-0.25, -0.2) is 9.59 Å². The highest BCUT2D eigenvalue weighted by Crippen LogP contribution is 2.26. The molecule has 0 aliphatic carbocycles. The first kappa shape index (κ1) is 18.4. The van der Waals surface area contributed by atoms with Gasteiger partial charge in [-0.3, -0.25) is 4.79 Å². The van der Waals surface area contributed by atoms with Gasteiger partial charge in [-0.15, -0.1) is 0 Å². The summed E-state index contributed by atoms with van der Waals surface area (Å²) >= 11 is 0. The second-order valence-corrected chi connectivity index (χ2v) is 5.21. The lowest BCUT2D eigenvalue weighted by atomic mass is 9.97. The zero-order valence-electron chi connectivity index (χ0n) is 14.3. The van der Waals surface area contributed by atoms with Crippen LogP contribution in [-0.2, 0) is 23.9 Å². The van der Waals surface area contributed by atoms with Crippen LogP contribution >= 0.6 is 0 Å². The van der Waals surface area contributed by atoms with Crippen LogP contribution in [0.15, 0.2) is 48.5 Å². The van der Waals surface area contributed by atoms with E-state index in [1.54, 1.807) is 19.9 Å². The van der Waals surface area contributed by atoms with E-state index < -0.39 is 17.7 Å². The summed E-state index contributed by atoms with van der Waals surface area (Å²) < 4.78 is 9.80. The molecular weight excluding hydrogens is 320 g/mol. The van der Waals surface area contributed by atoms with E-state index in [0.29, 0.717) is 5.56 Å². The molecule has 0 saturated carbocycles. The molecule has 0 radical (unpaired) electrons. The maximum atomic E-state index is 12.4. The predicted octanol–water partition coefficient (Wildman–Crippen LogP) is 3.31. The second kappa shape index (κ2) is 8.78. The molecule has 5 nitrogen and oxygen atoms in total. The topological polar surface area (TPSA) is 69.7 Å². The van der Waals surface area contributed by atoms with Crippen LogP contribution in [0.4, 0.5) is 0 Å². The van der Waals surface area contributed by atoms with E-state index in [9.17, 15) is 14.4 Å². The molecule has 0 bridgehead atoms. The van der Waals surface area contributed by atoms with Gasteiger partial charge in [0.1, 0.15) is 0 Å². The fraction of sp³-hybridized carbons (Fsp3) is 0.250. The number of allylic oxidation sites excluding steroid dienone is 1. The molecule has 0 unspecified atom stereocenters. The summed E-state index contributed by atoms with van der Waals surface area (Å²) in [5.41, 5.74) is 0.921. The summed E-state index contributed by atoms with van der Waals surface area (Å²) in [5.74, 6) is -2.14. The predicted molar refractivity (Wildman–Crippen MR) is 94.8 cm³/mol. The summed E-state index contributed by atoms with van der Waals surface area (Å²) in [7, 11) is 0. The number of hydrogen-bond donors (Lipinski definition) is 0. The number of carbonyl (C=O) groups is 3. The van der Waals surface area contributed by atoms with Crippen LogP contribution in [0.5, 0.6) is 0 Å². The molecule has 2 aromatic carbocycles. The van der Waals surface area contributed by atoms with Crippen molar-refractivity contribution in [1.82, 2.24) is 0 Å². The summed E-state index contributed by atoms with van der Waals surface area (Å²) in [4.78, 5) is 35.7. The van der Waals surface area contributed by atoms with Gasteiger partial charge in [0.05, 0.1) is 18.8 Å². The summed E-state index contributed by atoms with van der Waals surface area (Å²) in [5, 5.41) is 1.83. The quantitative estimate of drug-likeness (QED) is 0.439. The third-order valence-electron chi connectivity index (χ3n) is 3.57. The molecule has 2 aromatic rings. The minimum Gasteiger partial charge on any atom is -0.462 e. The van der Waals surface area contributed by atoms with Gasteiger partial charge in [-0.1, -0.05) is 48.5 Å². The lowest BCUT2D eigenvalue weighted by molar-refractivity contribution is -0.153. The number of rotatable bonds is 7. The van der Waals surface area contributed by atoms with Gasteiger partial charge in [0.25, 0.3) is 0 Å². The van der Waals surface area contributed by atoms with E-state index in [1.807, 2.05) is 36.4 Å². The molecule has 130 valence electrons. The molecule has 0 aliphatic heterocycles. The largest absolute Gasteiger partial charge is 0.462 e. The second-order valence-electron chi connectivity index (χ2n) is 5.21. The van der Waals surface area contributed by atoms with Gasteiger partial charge in [0.15, 0.2) is 0 Å². The lowest BCUT2D eigenvalue weighted by Gasteiger charge is -2.10. The van der Waals surface area contributed by atoms with Gasteiger partial charge in [0.2, 0.25) is 5.78 Å². The van der Waals surface area contributed by atoms with Crippen molar-refractivity contribution in [3.8, 4) is 0 Å². The first-order chi connectivity index (χ1) is 12.1. The number of hydrogen-bond acceptors (Lipinski definition) is 5. The van der Waals surface area contributed by atoms with Crippen molar-refractivity contribution in [3.63, 3.8) is 0 Å². The molecule has 0 fully saturated rings. The van der Waals surface area contributed by atoms with Gasteiger partial charge in [0, 0.05) is 6.42 Å². The Kier molecular flexibility index (Phi) is 6.46. The van der Waals surface area contributed by atoms with Crippen LogP contribution in [0, 0.1) is 0 Å². The zero-order chi connectivity index (χ0) is 18.2. The molecule has 25 heavy (non-hydrogen) atoms. The molecule has 0 aromatic heterocycles. The van der Waals surface area contributed by atoms with Crippen LogP contribution in [0.3, 0.4) is 0 Å². The Morgan fingerprint density at radius 3 is 2.24 bits per heavy atom. The Morgan fingerprint density at radius 2 is 1.52 bits per heavy atom. The van der Waals surface area contributed by atoms with Crippen LogP contribution in [0.1, 0.15) is 25.8 Å². The Bertz CT molecular complexity index is 814. The summed E-state index contributed by atoms with van der Waals surface area (Å²) in [6.45, 7) is 3.68. The van der Waals surface area contributed by atoms with Crippen LogP contribution in [0.25, 0.3) is 16.3 Å². The van der Waals surface area contributed by atoms with E-state index in [-0.39, 0.29) is 25.2 Å². The maximum Gasteiger partial charge on any atom is 0.374 e. The molecular formula is C20H20O5. The summed E-state index contributed by atoms with van der Waals surface area (Å²) in [6, 6.07) is 13.2. The van der Waals surface area contributed by atoms with Crippen molar-refractivity contribution < 1.29 is 23.9 Å². The van der Waals surface area contributed by atoms with Crippen molar-refractivity contribution in [2.24, 2.45) is 0 Å². The lowest BCUT2D eigenvalue weighted by Crippen LogP contribution is -2.17. The average molecular weight is 340 g/mol. The molecule has 5 heteroatoms. The van der Waals surface area contributed by atoms with E-state index in [0.717, 1.165) is 10.8 Å².